The molecule has 0 aromatic heterocycles. The summed E-state index contributed by atoms with van der Waals surface area (Å²) in [5, 5.41) is 0. The van der Waals surface area contributed by atoms with Gasteiger partial charge in [0, 0.05) is 0 Å². The van der Waals surface area contributed by atoms with E-state index in [1.165, 1.54) is 6.92 Å². The average molecular weight is 182 g/mol. The van der Waals surface area contributed by atoms with Crippen molar-refractivity contribution in [2.24, 2.45) is 5.41 Å². The smallest absolute Gasteiger partial charge is 0.323 e. The van der Waals surface area contributed by atoms with E-state index in [4.69, 9.17) is 4.74 Å². The number of hydrogen-bond donors (Lipinski definition) is 0. The molecule has 72 valence electrons. The fraction of sp³-hybridized carbons (Fsp3) is 0.600. The summed E-state index contributed by atoms with van der Waals surface area (Å²) in [5.41, 5.74) is -0.976. The van der Waals surface area contributed by atoms with Crippen molar-refractivity contribution < 1.29 is 14.3 Å². The van der Waals surface area contributed by atoms with E-state index in [2.05, 4.69) is 0 Å². The molecule has 0 N–H and O–H groups in total. The van der Waals surface area contributed by atoms with E-state index in [1.807, 2.05) is 6.08 Å². The molecule has 0 aliphatic heterocycles. The predicted octanol–water partition coefficient (Wildman–Crippen LogP) is 1.47. The molecule has 0 aromatic rings. The maximum absolute atomic E-state index is 11.5. The van der Waals surface area contributed by atoms with Crippen LogP contribution in [0.5, 0.6) is 0 Å². The Morgan fingerprint density at radius 3 is 2.62 bits per heavy atom. The molecule has 1 unspecified atom stereocenters. The van der Waals surface area contributed by atoms with Gasteiger partial charge in [-0.05, 0) is 26.7 Å². The Morgan fingerprint density at radius 2 is 2.23 bits per heavy atom. The Morgan fingerprint density at radius 1 is 1.54 bits per heavy atom. The van der Waals surface area contributed by atoms with E-state index in [9.17, 15) is 9.59 Å². The van der Waals surface area contributed by atoms with Gasteiger partial charge in [-0.3, -0.25) is 9.59 Å². The summed E-state index contributed by atoms with van der Waals surface area (Å²) in [6.07, 6.45) is 4.87. The first kappa shape index (κ1) is 9.96. The van der Waals surface area contributed by atoms with Crippen molar-refractivity contribution in [3.63, 3.8) is 0 Å². The van der Waals surface area contributed by atoms with Gasteiger partial charge in [0.15, 0.2) is 5.78 Å². The van der Waals surface area contributed by atoms with Gasteiger partial charge in [-0.25, -0.2) is 0 Å². The number of rotatable bonds is 3. The van der Waals surface area contributed by atoms with Crippen LogP contribution in [0.3, 0.4) is 0 Å². The molecule has 1 atom stereocenters. The summed E-state index contributed by atoms with van der Waals surface area (Å²) in [5.74, 6) is -0.532. The highest BCUT2D eigenvalue weighted by molar-refractivity contribution is 6.05. The summed E-state index contributed by atoms with van der Waals surface area (Å²) >= 11 is 0. The minimum Gasteiger partial charge on any atom is -0.465 e. The maximum atomic E-state index is 11.5. The Labute approximate surface area is 77.8 Å². The second-order valence-corrected chi connectivity index (χ2v) is 3.19. The van der Waals surface area contributed by atoms with Gasteiger partial charge in [-0.15, -0.1) is 0 Å². The second kappa shape index (κ2) is 3.73. The Kier molecular flexibility index (Phi) is 2.86. The van der Waals surface area contributed by atoms with Crippen molar-refractivity contribution in [1.82, 2.24) is 0 Å². The monoisotopic (exact) mass is 182 g/mol. The standard InChI is InChI=1S/C10H14O3/c1-3-13-9(12)10(8(2)11)6-4-5-7-10/h4,6H,3,5,7H2,1-2H3. The maximum Gasteiger partial charge on any atom is 0.323 e. The van der Waals surface area contributed by atoms with Crippen LogP contribution in [0.1, 0.15) is 26.7 Å². The first-order valence-electron chi connectivity index (χ1n) is 4.49. The molecule has 1 aliphatic rings. The molecule has 13 heavy (non-hydrogen) atoms. The fourth-order valence-electron chi connectivity index (χ4n) is 1.55. The van der Waals surface area contributed by atoms with Gasteiger partial charge < -0.3 is 4.74 Å². The number of ketones is 1. The third-order valence-corrected chi connectivity index (χ3v) is 2.38. The first-order chi connectivity index (χ1) is 6.13. The van der Waals surface area contributed by atoms with Gasteiger partial charge in [0.25, 0.3) is 0 Å². The van der Waals surface area contributed by atoms with Crippen molar-refractivity contribution >= 4 is 11.8 Å². The zero-order valence-electron chi connectivity index (χ0n) is 8.00. The van der Waals surface area contributed by atoms with Crippen molar-refractivity contribution in [3.8, 4) is 0 Å². The highest BCUT2D eigenvalue weighted by Crippen LogP contribution is 2.34. The van der Waals surface area contributed by atoms with Crippen LogP contribution in [-0.2, 0) is 14.3 Å². The van der Waals surface area contributed by atoms with Crippen molar-refractivity contribution in [3.05, 3.63) is 12.2 Å². The summed E-state index contributed by atoms with van der Waals surface area (Å²) in [6.45, 7) is 3.50. The molecule has 0 heterocycles. The highest BCUT2D eigenvalue weighted by Gasteiger charge is 2.43. The number of esters is 1. The predicted molar refractivity (Wildman–Crippen MR) is 48.1 cm³/mol. The number of carbonyl (C=O) groups excluding carboxylic acids is 2. The van der Waals surface area contributed by atoms with Gasteiger partial charge >= 0.3 is 5.97 Å². The van der Waals surface area contributed by atoms with Crippen molar-refractivity contribution in [1.29, 1.82) is 0 Å². The van der Waals surface area contributed by atoms with Gasteiger partial charge in [0.2, 0.25) is 0 Å². The van der Waals surface area contributed by atoms with Crippen LogP contribution in [0.4, 0.5) is 0 Å². The molecule has 0 radical (unpaired) electrons. The lowest BCUT2D eigenvalue weighted by Gasteiger charge is -2.21. The quantitative estimate of drug-likeness (QED) is 0.377. The summed E-state index contributed by atoms with van der Waals surface area (Å²) in [6, 6.07) is 0. The number of ether oxygens (including phenoxy) is 1. The topological polar surface area (TPSA) is 43.4 Å². The minimum absolute atomic E-state index is 0.125. The largest absolute Gasteiger partial charge is 0.465 e. The Balaban J connectivity index is 2.85. The molecular formula is C10H14O3. The molecule has 0 aromatic carbocycles. The SMILES string of the molecule is CCOC(=O)C1(C(C)=O)C=CCC1. The number of Topliss-reactive ketones (excluding diaryl/α,β-unsaturated/α-hetero) is 1. The van der Waals surface area contributed by atoms with E-state index in [-0.39, 0.29) is 5.78 Å². The number of allylic oxidation sites excluding steroid dienone is 1. The zero-order chi connectivity index (χ0) is 9.90. The van der Waals surface area contributed by atoms with Crippen LogP contribution >= 0.6 is 0 Å². The van der Waals surface area contributed by atoms with Crippen LogP contribution in [-0.4, -0.2) is 18.4 Å². The molecule has 0 saturated carbocycles. The van der Waals surface area contributed by atoms with E-state index in [1.54, 1.807) is 13.0 Å². The van der Waals surface area contributed by atoms with Crippen molar-refractivity contribution in [2.45, 2.75) is 26.7 Å². The normalized spacial score (nSPS) is 26.0. The van der Waals surface area contributed by atoms with E-state index in [0.29, 0.717) is 13.0 Å². The Bertz CT molecular complexity index is 255. The summed E-state index contributed by atoms with van der Waals surface area (Å²) in [4.78, 5) is 22.8. The molecule has 0 bridgehead atoms. The lowest BCUT2D eigenvalue weighted by atomic mass is 9.84. The highest BCUT2D eigenvalue weighted by atomic mass is 16.5. The zero-order valence-corrected chi connectivity index (χ0v) is 8.00. The van der Waals surface area contributed by atoms with E-state index in [0.717, 1.165) is 6.42 Å². The molecule has 3 nitrogen and oxygen atoms in total. The second-order valence-electron chi connectivity index (χ2n) is 3.19. The lowest BCUT2D eigenvalue weighted by molar-refractivity contribution is -0.156. The van der Waals surface area contributed by atoms with Crippen molar-refractivity contribution in [2.75, 3.05) is 6.61 Å². The van der Waals surface area contributed by atoms with Crippen LogP contribution in [0, 0.1) is 5.41 Å². The van der Waals surface area contributed by atoms with Crippen LogP contribution in [0.2, 0.25) is 0 Å². The third-order valence-electron chi connectivity index (χ3n) is 2.38. The fourth-order valence-corrected chi connectivity index (χ4v) is 1.55. The molecule has 1 rings (SSSR count). The van der Waals surface area contributed by atoms with Gasteiger partial charge in [0.1, 0.15) is 5.41 Å². The minimum atomic E-state index is -0.976. The molecule has 0 amide bonds. The number of carbonyl (C=O) groups is 2. The van der Waals surface area contributed by atoms with Gasteiger partial charge in [0.05, 0.1) is 6.61 Å². The molecule has 0 fully saturated rings. The molecular weight excluding hydrogens is 168 g/mol. The van der Waals surface area contributed by atoms with E-state index < -0.39 is 11.4 Å². The van der Waals surface area contributed by atoms with E-state index >= 15 is 0 Å². The Hall–Kier alpha value is -1.12. The molecule has 0 spiro atoms. The first-order valence-corrected chi connectivity index (χ1v) is 4.49. The van der Waals surface area contributed by atoms with Gasteiger partial charge in [-0.1, -0.05) is 12.2 Å². The average Bonchev–Trinajstić information content (AvgIpc) is 2.53. The number of hydrogen-bond acceptors (Lipinski definition) is 3. The van der Waals surface area contributed by atoms with Gasteiger partial charge in [-0.2, -0.15) is 0 Å². The molecule has 3 heteroatoms. The summed E-state index contributed by atoms with van der Waals surface area (Å²) in [7, 11) is 0. The third kappa shape index (κ3) is 1.64. The lowest BCUT2D eigenvalue weighted by Crippen LogP contribution is -2.35. The molecule has 1 aliphatic carbocycles. The van der Waals surface area contributed by atoms with Crippen LogP contribution < -0.4 is 0 Å². The molecule has 0 saturated heterocycles. The summed E-state index contributed by atoms with van der Waals surface area (Å²) < 4.78 is 4.88. The van der Waals surface area contributed by atoms with Crippen LogP contribution in [0.25, 0.3) is 0 Å². The van der Waals surface area contributed by atoms with Crippen LogP contribution in [0.15, 0.2) is 12.2 Å².